The molecule has 0 unspecified atom stereocenters. The largest absolute Gasteiger partial charge is 0.373 e. The summed E-state index contributed by atoms with van der Waals surface area (Å²) < 4.78 is 1.05. The molecule has 1 aliphatic rings. The summed E-state index contributed by atoms with van der Waals surface area (Å²) in [5.41, 5.74) is 5.16. The maximum absolute atomic E-state index is 12.6. The third kappa shape index (κ3) is 4.02. The Kier molecular flexibility index (Phi) is 5.83. The highest BCUT2D eigenvalue weighted by Crippen LogP contribution is 2.23. The molecule has 5 nitrogen and oxygen atoms in total. The van der Waals surface area contributed by atoms with Crippen molar-refractivity contribution in [3.8, 4) is 0 Å². The van der Waals surface area contributed by atoms with Crippen molar-refractivity contribution in [3.05, 3.63) is 63.2 Å². The van der Waals surface area contributed by atoms with Crippen LogP contribution in [0.15, 0.2) is 54.1 Å². The first-order valence-corrected chi connectivity index (χ1v) is 9.61. The Hall–Kier alpha value is -2.06. The van der Waals surface area contributed by atoms with Crippen molar-refractivity contribution >= 4 is 63.5 Å². The summed E-state index contributed by atoms with van der Waals surface area (Å²) in [5.74, 6) is -0.220. The number of hydrogen-bond donors (Lipinski definition) is 1. The predicted octanol–water partition coefficient (Wildman–Crippen LogP) is 3.43. The van der Waals surface area contributed by atoms with Crippen LogP contribution in [0.5, 0.6) is 0 Å². The molecule has 0 radical (unpaired) electrons. The number of anilines is 2. The van der Waals surface area contributed by atoms with Gasteiger partial charge in [0.2, 0.25) is 0 Å². The van der Waals surface area contributed by atoms with Gasteiger partial charge in [-0.1, -0.05) is 12.1 Å². The van der Waals surface area contributed by atoms with Crippen LogP contribution in [0.25, 0.3) is 6.08 Å². The second-order valence-corrected chi connectivity index (χ2v) is 7.44. The lowest BCUT2D eigenvalue weighted by atomic mass is 10.1. The topological polar surface area (TPSA) is 52.7 Å². The second-order valence-electron chi connectivity index (χ2n) is 5.82. The number of amides is 2. The first-order valence-electron chi connectivity index (χ1n) is 7.99. The van der Waals surface area contributed by atoms with Gasteiger partial charge in [0.25, 0.3) is 11.8 Å². The fourth-order valence-corrected chi connectivity index (χ4v) is 3.19. The zero-order valence-corrected chi connectivity index (χ0v) is 17.0. The van der Waals surface area contributed by atoms with E-state index in [2.05, 4.69) is 28.0 Å². The Labute approximate surface area is 170 Å². The quantitative estimate of drug-likeness (QED) is 0.308. The number of hydrazine groups is 1. The molecule has 0 atom stereocenters. The SMILES string of the molecule is CN(CCCl)c1ccc(/C=C2\C(=O)NN(c3ccc(I)cc3)C2=O)cc1. The van der Waals surface area contributed by atoms with Crippen LogP contribution in [0.1, 0.15) is 5.56 Å². The van der Waals surface area contributed by atoms with E-state index in [-0.39, 0.29) is 11.5 Å². The summed E-state index contributed by atoms with van der Waals surface area (Å²) in [6.07, 6.45) is 1.61. The minimum Gasteiger partial charge on any atom is -0.373 e. The van der Waals surface area contributed by atoms with Crippen LogP contribution in [0.2, 0.25) is 0 Å². The van der Waals surface area contributed by atoms with Gasteiger partial charge >= 0.3 is 0 Å². The van der Waals surface area contributed by atoms with E-state index in [4.69, 9.17) is 11.6 Å². The lowest BCUT2D eigenvalue weighted by Crippen LogP contribution is -2.35. The summed E-state index contributed by atoms with van der Waals surface area (Å²) in [6, 6.07) is 15.0. The smallest absolute Gasteiger partial charge is 0.282 e. The fourth-order valence-electron chi connectivity index (χ4n) is 2.58. The molecule has 0 aliphatic carbocycles. The van der Waals surface area contributed by atoms with Crippen molar-refractivity contribution in [1.29, 1.82) is 0 Å². The zero-order valence-electron chi connectivity index (χ0n) is 14.1. The van der Waals surface area contributed by atoms with E-state index in [0.717, 1.165) is 21.4 Å². The van der Waals surface area contributed by atoms with Gasteiger partial charge in [-0.05, 0) is 70.6 Å². The van der Waals surface area contributed by atoms with E-state index in [1.165, 1.54) is 5.01 Å². The number of carbonyl (C=O) groups excluding carboxylic acids is 2. The molecule has 2 amide bonds. The van der Waals surface area contributed by atoms with Gasteiger partial charge < -0.3 is 4.90 Å². The third-order valence-electron chi connectivity index (χ3n) is 4.04. The highest BCUT2D eigenvalue weighted by Gasteiger charge is 2.34. The zero-order chi connectivity index (χ0) is 18.7. The molecular formula is C19H17ClIN3O2. The summed E-state index contributed by atoms with van der Waals surface area (Å²) in [4.78, 5) is 26.9. The standard InChI is InChI=1S/C19H17ClIN3O2/c1-23(11-10-20)15-6-2-13(3-7-15)12-17-18(25)22-24(19(17)26)16-8-4-14(21)5-9-16/h2-9,12H,10-11H2,1H3,(H,22,25)/b17-12+. The Morgan fingerprint density at radius 2 is 1.77 bits per heavy atom. The van der Waals surface area contributed by atoms with Crippen molar-refractivity contribution in [2.45, 2.75) is 0 Å². The molecule has 1 fully saturated rings. The molecule has 0 bridgehead atoms. The van der Waals surface area contributed by atoms with Crippen LogP contribution in [-0.4, -0.2) is 31.3 Å². The van der Waals surface area contributed by atoms with Gasteiger partial charge in [-0.2, -0.15) is 0 Å². The molecule has 0 aromatic heterocycles. The van der Waals surface area contributed by atoms with Gasteiger partial charge in [-0.15, -0.1) is 11.6 Å². The van der Waals surface area contributed by atoms with E-state index in [0.29, 0.717) is 11.6 Å². The van der Waals surface area contributed by atoms with Gasteiger partial charge in [0.1, 0.15) is 5.57 Å². The van der Waals surface area contributed by atoms with Gasteiger partial charge in [0.15, 0.2) is 0 Å². The molecule has 26 heavy (non-hydrogen) atoms. The minimum atomic E-state index is -0.406. The number of nitrogens with one attached hydrogen (secondary N) is 1. The average Bonchev–Trinajstić information content (AvgIpc) is 2.91. The number of hydrogen-bond acceptors (Lipinski definition) is 3. The molecule has 2 aromatic carbocycles. The summed E-state index contributed by atoms with van der Waals surface area (Å²) >= 11 is 7.95. The third-order valence-corrected chi connectivity index (χ3v) is 4.93. The molecule has 0 spiro atoms. The number of benzene rings is 2. The molecule has 1 aliphatic heterocycles. The van der Waals surface area contributed by atoms with Crippen LogP contribution in [0, 0.1) is 3.57 Å². The van der Waals surface area contributed by atoms with E-state index >= 15 is 0 Å². The fraction of sp³-hybridized carbons (Fsp3) is 0.158. The molecule has 7 heteroatoms. The molecule has 1 N–H and O–H groups in total. The van der Waals surface area contributed by atoms with Crippen LogP contribution in [-0.2, 0) is 9.59 Å². The number of nitrogens with zero attached hydrogens (tertiary/aromatic N) is 2. The molecular weight excluding hydrogens is 465 g/mol. The molecule has 3 rings (SSSR count). The predicted molar refractivity (Wildman–Crippen MR) is 113 cm³/mol. The monoisotopic (exact) mass is 481 g/mol. The van der Waals surface area contributed by atoms with E-state index in [1.54, 1.807) is 18.2 Å². The van der Waals surface area contributed by atoms with Crippen molar-refractivity contribution in [2.75, 3.05) is 29.4 Å². The van der Waals surface area contributed by atoms with Crippen molar-refractivity contribution in [3.63, 3.8) is 0 Å². The van der Waals surface area contributed by atoms with Gasteiger partial charge in [-0.25, -0.2) is 5.01 Å². The number of carbonyl (C=O) groups is 2. The molecule has 134 valence electrons. The molecule has 1 heterocycles. The Morgan fingerprint density at radius 3 is 2.38 bits per heavy atom. The summed E-state index contributed by atoms with van der Waals surface area (Å²) in [6.45, 7) is 0.744. The van der Waals surface area contributed by atoms with Crippen molar-refractivity contribution in [2.24, 2.45) is 0 Å². The van der Waals surface area contributed by atoms with Crippen LogP contribution < -0.4 is 15.3 Å². The van der Waals surface area contributed by atoms with Gasteiger partial charge in [0, 0.05) is 28.7 Å². The molecule has 2 aromatic rings. The highest BCUT2D eigenvalue weighted by molar-refractivity contribution is 14.1. The maximum atomic E-state index is 12.6. The lowest BCUT2D eigenvalue weighted by molar-refractivity contribution is -0.117. The summed E-state index contributed by atoms with van der Waals surface area (Å²) in [7, 11) is 1.96. The first kappa shape index (κ1) is 18.7. The van der Waals surface area contributed by atoms with Crippen LogP contribution in [0.4, 0.5) is 11.4 Å². The van der Waals surface area contributed by atoms with Crippen LogP contribution in [0.3, 0.4) is 0 Å². The summed E-state index contributed by atoms with van der Waals surface area (Å²) in [5, 5.41) is 1.27. The maximum Gasteiger partial charge on any atom is 0.282 e. The normalized spacial score (nSPS) is 15.5. The first-order chi connectivity index (χ1) is 12.5. The number of alkyl halides is 1. The van der Waals surface area contributed by atoms with Crippen molar-refractivity contribution in [1.82, 2.24) is 5.43 Å². The minimum absolute atomic E-state index is 0.116. The number of halogens is 2. The number of rotatable bonds is 5. The Balaban J connectivity index is 1.81. The second kappa shape index (κ2) is 8.09. The Bertz CT molecular complexity index is 850. The molecule has 1 saturated heterocycles. The van der Waals surface area contributed by atoms with Gasteiger partial charge in [0.05, 0.1) is 5.69 Å². The van der Waals surface area contributed by atoms with Gasteiger partial charge in [-0.3, -0.25) is 15.0 Å². The average molecular weight is 482 g/mol. The van der Waals surface area contributed by atoms with Crippen LogP contribution >= 0.6 is 34.2 Å². The van der Waals surface area contributed by atoms with E-state index < -0.39 is 5.91 Å². The molecule has 0 saturated carbocycles. The van der Waals surface area contributed by atoms with Crippen molar-refractivity contribution < 1.29 is 9.59 Å². The van der Waals surface area contributed by atoms with E-state index in [1.807, 2.05) is 48.3 Å². The highest BCUT2D eigenvalue weighted by atomic mass is 127. The lowest BCUT2D eigenvalue weighted by Gasteiger charge is -2.17. The Morgan fingerprint density at radius 1 is 1.12 bits per heavy atom. The van der Waals surface area contributed by atoms with E-state index in [9.17, 15) is 9.59 Å².